The van der Waals surface area contributed by atoms with Gasteiger partial charge in [0.25, 0.3) is 0 Å². The average Bonchev–Trinajstić information content (AvgIpc) is 3.12. The molecule has 0 amide bonds. The second-order valence-corrected chi connectivity index (χ2v) is 7.51. The van der Waals surface area contributed by atoms with Crippen LogP contribution in [0.15, 0.2) is 84.9 Å². The number of halogens is 2. The van der Waals surface area contributed by atoms with Gasteiger partial charge >= 0.3 is 0 Å². The van der Waals surface area contributed by atoms with Gasteiger partial charge in [0.1, 0.15) is 24.0 Å². The zero-order valence-electron chi connectivity index (χ0n) is 16.1. The topological polar surface area (TPSA) is 27.1 Å². The first kappa shape index (κ1) is 18.6. The van der Waals surface area contributed by atoms with Crippen LogP contribution < -0.4 is 4.74 Å². The normalized spacial score (nSPS) is 11.3. The SMILES string of the molecule is Fc1cccc(Cl)c1Cn1c(COc2ccc3ccccc3c2)nc2ccccc21. The lowest BCUT2D eigenvalue weighted by molar-refractivity contribution is 0.291. The third-order valence-electron chi connectivity index (χ3n) is 5.20. The predicted octanol–water partition coefficient (Wildman–Crippen LogP) is 6.61. The Hall–Kier alpha value is -3.37. The number of benzene rings is 4. The van der Waals surface area contributed by atoms with Gasteiger partial charge in [-0.05, 0) is 47.2 Å². The predicted molar refractivity (Wildman–Crippen MR) is 119 cm³/mol. The van der Waals surface area contributed by atoms with Crippen LogP contribution in [0.2, 0.25) is 5.02 Å². The highest BCUT2D eigenvalue weighted by atomic mass is 35.5. The van der Waals surface area contributed by atoms with E-state index < -0.39 is 0 Å². The van der Waals surface area contributed by atoms with Crippen molar-refractivity contribution in [3.63, 3.8) is 0 Å². The van der Waals surface area contributed by atoms with Gasteiger partial charge in [-0.2, -0.15) is 0 Å². The van der Waals surface area contributed by atoms with Crippen LogP contribution >= 0.6 is 11.6 Å². The Kier molecular flexibility index (Phi) is 4.85. The zero-order chi connectivity index (χ0) is 20.5. The minimum Gasteiger partial charge on any atom is -0.486 e. The van der Waals surface area contributed by atoms with Crippen molar-refractivity contribution in [1.82, 2.24) is 9.55 Å². The second-order valence-electron chi connectivity index (χ2n) is 7.10. The molecule has 0 atom stereocenters. The summed E-state index contributed by atoms with van der Waals surface area (Å²) in [5.74, 6) is 1.14. The molecule has 0 unspecified atom stereocenters. The molecule has 0 aliphatic carbocycles. The van der Waals surface area contributed by atoms with Gasteiger partial charge in [0.05, 0.1) is 17.6 Å². The molecule has 1 heterocycles. The van der Waals surface area contributed by atoms with Crippen molar-refractivity contribution >= 4 is 33.4 Å². The summed E-state index contributed by atoms with van der Waals surface area (Å²) in [6.45, 7) is 0.543. The number of rotatable bonds is 5. The first-order valence-corrected chi connectivity index (χ1v) is 10.1. The number of para-hydroxylation sites is 2. The molecule has 0 radical (unpaired) electrons. The Balaban J connectivity index is 1.49. The summed E-state index contributed by atoms with van der Waals surface area (Å²) in [5, 5.41) is 2.67. The number of imidazole rings is 1. The van der Waals surface area contributed by atoms with Crippen molar-refractivity contribution in [2.75, 3.05) is 0 Å². The molecular formula is C25H18ClFN2O. The van der Waals surface area contributed by atoms with Crippen LogP contribution in [-0.4, -0.2) is 9.55 Å². The van der Waals surface area contributed by atoms with Crippen molar-refractivity contribution in [2.45, 2.75) is 13.2 Å². The first-order chi connectivity index (χ1) is 14.7. The van der Waals surface area contributed by atoms with E-state index in [9.17, 15) is 4.39 Å². The molecule has 5 rings (SSSR count). The van der Waals surface area contributed by atoms with Crippen LogP contribution in [0.25, 0.3) is 21.8 Å². The van der Waals surface area contributed by atoms with Gasteiger partial charge in [-0.15, -0.1) is 0 Å². The number of fused-ring (bicyclic) bond motifs is 2. The summed E-state index contributed by atoms with van der Waals surface area (Å²) in [7, 11) is 0. The van der Waals surface area contributed by atoms with E-state index in [1.165, 1.54) is 6.07 Å². The lowest BCUT2D eigenvalue weighted by Crippen LogP contribution is -2.10. The lowest BCUT2D eigenvalue weighted by atomic mass is 10.1. The molecule has 0 saturated heterocycles. The number of hydrogen-bond donors (Lipinski definition) is 0. The summed E-state index contributed by atoms with van der Waals surface area (Å²) >= 11 is 6.27. The van der Waals surface area contributed by atoms with E-state index >= 15 is 0 Å². The van der Waals surface area contributed by atoms with Crippen molar-refractivity contribution in [3.8, 4) is 5.75 Å². The lowest BCUT2D eigenvalue weighted by Gasteiger charge is -2.13. The van der Waals surface area contributed by atoms with Crippen LogP contribution in [0, 0.1) is 5.82 Å². The van der Waals surface area contributed by atoms with Crippen LogP contribution in [0.3, 0.4) is 0 Å². The average molecular weight is 417 g/mol. The van der Waals surface area contributed by atoms with Crippen LogP contribution in [0.4, 0.5) is 4.39 Å². The summed E-state index contributed by atoms with van der Waals surface area (Å²) in [6, 6.07) is 26.6. The highest BCUT2D eigenvalue weighted by Crippen LogP contribution is 2.26. The molecule has 0 fully saturated rings. The van der Waals surface area contributed by atoms with Crippen LogP contribution in [-0.2, 0) is 13.2 Å². The number of ether oxygens (including phenoxy) is 1. The van der Waals surface area contributed by atoms with E-state index in [1.807, 2.05) is 59.2 Å². The molecule has 148 valence electrons. The molecule has 30 heavy (non-hydrogen) atoms. The maximum absolute atomic E-state index is 14.4. The Bertz CT molecular complexity index is 1340. The van der Waals surface area contributed by atoms with Crippen LogP contribution in [0.1, 0.15) is 11.4 Å². The molecule has 4 aromatic carbocycles. The number of hydrogen-bond acceptors (Lipinski definition) is 2. The van der Waals surface area contributed by atoms with E-state index in [-0.39, 0.29) is 19.0 Å². The Morgan fingerprint density at radius 3 is 2.53 bits per heavy atom. The first-order valence-electron chi connectivity index (χ1n) is 9.68. The van der Waals surface area contributed by atoms with E-state index in [4.69, 9.17) is 21.3 Å². The molecular weight excluding hydrogens is 399 g/mol. The molecule has 0 N–H and O–H groups in total. The summed E-state index contributed by atoms with van der Waals surface area (Å²) in [5.41, 5.74) is 2.19. The molecule has 5 heteroatoms. The van der Waals surface area contributed by atoms with Crippen molar-refractivity contribution in [1.29, 1.82) is 0 Å². The summed E-state index contributed by atoms with van der Waals surface area (Å²) in [4.78, 5) is 4.72. The highest BCUT2D eigenvalue weighted by Gasteiger charge is 2.15. The molecule has 0 saturated carbocycles. The standard InChI is InChI=1S/C25H18ClFN2O/c26-21-8-5-9-22(27)20(21)15-29-24-11-4-3-10-23(24)28-25(29)16-30-19-13-12-17-6-1-2-7-18(17)14-19/h1-14H,15-16H2. The van der Waals surface area contributed by atoms with Gasteiger partial charge in [-0.3, -0.25) is 0 Å². The van der Waals surface area contributed by atoms with Crippen molar-refractivity contribution in [3.05, 3.63) is 107 Å². The minimum atomic E-state index is -0.332. The van der Waals surface area contributed by atoms with E-state index in [0.29, 0.717) is 16.4 Å². The number of aromatic nitrogens is 2. The molecule has 1 aromatic heterocycles. The van der Waals surface area contributed by atoms with Gasteiger partial charge in [0.15, 0.2) is 0 Å². The fourth-order valence-electron chi connectivity index (χ4n) is 3.66. The fourth-order valence-corrected chi connectivity index (χ4v) is 3.88. The van der Waals surface area contributed by atoms with E-state index in [2.05, 4.69) is 12.1 Å². The van der Waals surface area contributed by atoms with Gasteiger partial charge < -0.3 is 9.30 Å². The Morgan fingerprint density at radius 1 is 0.867 bits per heavy atom. The van der Waals surface area contributed by atoms with Gasteiger partial charge in [0, 0.05) is 10.6 Å². The third kappa shape index (κ3) is 3.51. The van der Waals surface area contributed by atoms with Gasteiger partial charge in [0.2, 0.25) is 0 Å². The van der Waals surface area contributed by atoms with Gasteiger partial charge in [-0.25, -0.2) is 9.37 Å². The second kappa shape index (κ2) is 7.81. The molecule has 0 aliphatic rings. The molecule has 0 aliphatic heterocycles. The fraction of sp³-hybridized carbons (Fsp3) is 0.0800. The summed E-state index contributed by atoms with van der Waals surface area (Å²) in [6.07, 6.45) is 0. The summed E-state index contributed by atoms with van der Waals surface area (Å²) < 4.78 is 22.4. The van der Waals surface area contributed by atoms with Gasteiger partial charge in [-0.1, -0.05) is 60.1 Å². The van der Waals surface area contributed by atoms with Crippen molar-refractivity contribution < 1.29 is 9.13 Å². The van der Waals surface area contributed by atoms with Crippen LogP contribution in [0.5, 0.6) is 5.75 Å². The quantitative estimate of drug-likeness (QED) is 0.322. The molecule has 0 spiro atoms. The maximum atomic E-state index is 14.4. The van der Waals surface area contributed by atoms with Crippen molar-refractivity contribution in [2.24, 2.45) is 0 Å². The zero-order valence-corrected chi connectivity index (χ0v) is 16.8. The largest absolute Gasteiger partial charge is 0.486 e. The Morgan fingerprint density at radius 2 is 1.67 bits per heavy atom. The molecule has 0 bridgehead atoms. The van der Waals surface area contributed by atoms with E-state index in [0.717, 1.165) is 27.6 Å². The molecule has 5 aromatic rings. The minimum absolute atomic E-state index is 0.263. The highest BCUT2D eigenvalue weighted by molar-refractivity contribution is 6.31. The smallest absolute Gasteiger partial charge is 0.148 e. The molecule has 3 nitrogen and oxygen atoms in total. The monoisotopic (exact) mass is 416 g/mol. The van der Waals surface area contributed by atoms with E-state index in [1.54, 1.807) is 12.1 Å². The Labute approximate surface area is 178 Å². The maximum Gasteiger partial charge on any atom is 0.148 e. The third-order valence-corrected chi connectivity index (χ3v) is 5.55. The number of nitrogens with zero attached hydrogens (tertiary/aromatic N) is 2.